The molecule has 0 aliphatic rings. The molecule has 4 rings (SSSR count). The second-order valence-corrected chi connectivity index (χ2v) is 7.49. The van der Waals surface area contributed by atoms with Gasteiger partial charge in [0, 0.05) is 12.0 Å². The van der Waals surface area contributed by atoms with E-state index in [1.807, 2.05) is 48.5 Å². The van der Waals surface area contributed by atoms with Crippen LogP contribution in [0.5, 0.6) is 0 Å². The van der Waals surface area contributed by atoms with E-state index in [2.05, 4.69) is 21.2 Å². The number of benzene rings is 2. The molecule has 0 saturated heterocycles. The second kappa shape index (κ2) is 8.31. The van der Waals surface area contributed by atoms with Crippen LogP contribution in [-0.4, -0.2) is 21.2 Å². The minimum Gasteiger partial charge on any atom is -0.453 e. The Labute approximate surface area is 166 Å². The third kappa shape index (κ3) is 4.26. The summed E-state index contributed by atoms with van der Waals surface area (Å²) < 4.78 is 12.2. The van der Waals surface area contributed by atoms with Crippen molar-refractivity contribution in [3.8, 4) is 11.5 Å². The van der Waals surface area contributed by atoms with Gasteiger partial charge in [0.2, 0.25) is 5.89 Å². The summed E-state index contributed by atoms with van der Waals surface area (Å²) in [6, 6.07) is 17.5. The van der Waals surface area contributed by atoms with E-state index in [9.17, 15) is 4.79 Å². The topological polar surface area (TPSA) is 78.1 Å². The number of aromatic nitrogens is 3. The van der Waals surface area contributed by atoms with Gasteiger partial charge in [-0.3, -0.25) is 4.79 Å². The fraction of sp³-hybridized carbons (Fsp3) is 0.238. The Bertz CT molecular complexity index is 1040. The maximum atomic E-state index is 12.1. The van der Waals surface area contributed by atoms with Gasteiger partial charge in [0.25, 0.3) is 5.89 Å². The van der Waals surface area contributed by atoms with E-state index in [1.54, 1.807) is 18.3 Å². The van der Waals surface area contributed by atoms with Gasteiger partial charge in [-0.25, -0.2) is 4.98 Å². The lowest BCUT2D eigenvalue weighted by Gasteiger charge is -2.08. The number of thiazole rings is 1. The molecule has 0 saturated carbocycles. The summed E-state index contributed by atoms with van der Waals surface area (Å²) in [6.45, 7) is 1.73. The van der Waals surface area contributed by atoms with Crippen LogP contribution in [0.2, 0.25) is 0 Å². The van der Waals surface area contributed by atoms with E-state index in [-0.39, 0.29) is 5.97 Å². The summed E-state index contributed by atoms with van der Waals surface area (Å²) in [5.41, 5.74) is 1.83. The van der Waals surface area contributed by atoms with E-state index >= 15 is 0 Å². The van der Waals surface area contributed by atoms with Gasteiger partial charge < -0.3 is 9.15 Å². The highest BCUT2D eigenvalue weighted by atomic mass is 32.1. The number of esters is 1. The van der Waals surface area contributed by atoms with Crippen LogP contribution in [0.4, 0.5) is 0 Å². The van der Waals surface area contributed by atoms with Crippen molar-refractivity contribution >= 4 is 27.5 Å². The van der Waals surface area contributed by atoms with E-state index in [0.29, 0.717) is 24.6 Å². The number of para-hydroxylation sites is 1. The Morgan fingerprint density at radius 2 is 1.89 bits per heavy atom. The summed E-state index contributed by atoms with van der Waals surface area (Å²) in [4.78, 5) is 16.7. The molecule has 0 N–H and O–H groups in total. The molecule has 142 valence electrons. The van der Waals surface area contributed by atoms with Crippen molar-refractivity contribution in [1.29, 1.82) is 0 Å². The van der Waals surface area contributed by atoms with Crippen LogP contribution in [0.15, 0.2) is 59.0 Å². The molecule has 7 heteroatoms. The molecule has 0 aliphatic carbocycles. The number of carbonyl (C=O) groups is 1. The number of hydrogen-bond acceptors (Lipinski definition) is 7. The third-order valence-corrected chi connectivity index (χ3v) is 5.32. The molecule has 0 spiro atoms. The van der Waals surface area contributed by atoms with Gasteiger partial charge in [0.1, 0.15) is 0 Å². The fourth-order valence-electron chi connectivity index (χ4n) is 2.81. The van der Waals surface area contributed by atoms with Crippen molar-refractivity contribution in [2.24, 2.45) is 0 Å². The SMILES string of the molecule is C[C@@H](OC(=O)CCCc1nc2ccccc2s1)c1nnc(-c2ccccc2)o1. The summed E-state index contributed by atoms with van der Waals surface area (Å²) in [5, 5.41) is 9.05. The first kappa shape index (κ1) is 18.3. The molecule has 0 bridgehead atoms. The predicted octanol–water partition coefficient (Wildman–Crippen LogP) is 4.97. The maximum absolute atomic E-state index is 12.1. The molecule has 2 aromatic heterocycles. The Morgan fingerprint density at radius 1 is 1.11 bits per heavy atom. The molecule has 2 heterocycles. The lowest BCUT2D eigenvalue weighted by Crippen LogP contribution is -2.09. The smallest absolute Gasteiger partial charge is 0.306 e. The highest BCUT2D eigenvalue weighted by molar-refractivity contribution is 7.18. The molecular weight excluding hydrogens is 374 g/mol. The standard InChI is InChI=1S/C21H19N3O3S/c1-14(20-23-24-21(27-20)15-8-3-2-4-9-15)26-19(25)13-7-12-18-22-16-10-5-6-11-17(16)28-18/h2-6,8-11,14H,7,12-13H2,1H3/t14-/m1/s1. The van der Waals surface area contributed by atoms with Crippen LogP contribution in [0, 0.1) is 0 Å². The van der Waals surface area contributed by atoms with Crippen molar-refractivity contribution in [3.63, 3.8) is 0 Å². The molecule has 0 aliphatic heterocycles. The van der Waals surface area contributed by atoms with Gasteiger partial charge in [-0.1, -0.05) is 30.3 Å². The van der Waals surface area contributed by atoms with E-state index in [0.717, 1.165) is 22.5 Å². The highest BCUT2D eigenvalue weighted by Gasteiger charge is 2.19. The predicted molar refractivity (Wildman–Crippen MR) is 107 cm³/mol. The average molecular weight is 393 g/mol. The van der Waals surface area contributed by atoms with Gasteiger partial charge in [-0.05, 0) is 44.0 Å². The molecule has 0 radical (unpaired) electrons. The monoisotopic (exact) mass is 393 g/mol. The van der Waals surface area contributed by atoms with Crippen LogP contribution < -0.4 is 0 Å². The lowest BCUT2D eigenvalue weighted by molar-refractivity contribution is -0.149. The van der Waals surface area contributed by atoms with Crippen LogP contribution in [0.1, 0.15) is 36.8 Å². The normalized spacial score (nSPS) is 12.2. The van der Waals surface area contributed by atoms with Gasteiger partial charge >= 0.3 is 5.97 Å². The number of rotatable bonds is 7. The first-order chi connectivity index (χ1) is 13.7. The second-order valence-electron chi connectivity index (χ2n) is 6.37. The number of aryl methyl sites for hydroxylation is 1. The van der Waals surface area contributed by atoms with Crippen LogP contribution in [0.3, 0.4) is 0 Å². The number of ether oxygens (including phenoxy) is 1. The lowest BCUT2D eigenvalue weighted by atomic mass is 10.2. The van der Waals surface area contributed by atoms with Crippen LogP contribution >= 0.6 is 11.3 Å². The Balaban J connectivity index is 1.28. The summed E-state index contributed by atoms with van der Waals surface area (Å²) in [7, 11) is 0. The zero-order valence-corrected chi connectivity index (χ0v) is 16.2. The maximum Gasteiger partial charge on any atom is 0.306 e. The zero-order valence-electron chi connectivity index (χ0n) is 15.4. The van der Waals surface area contributed by atoms with Crippen molar-refractivity contribution in [1.82, 2.24) is 15.2 Å². The van der Waals surface area contributed by atoms with Gasteiger partial charge in [0.05, 0.1) is 15.2 Å². The van der Waals surface area contributed by atoms with Crippen LogP contribution in [0.25, 0.3) is 21.7 Å². The molecule has 2 aromatic carbocycles. The van der Waals surface area contributed by atoms with Crippen LogP contribution in [-0.2, 0) is 16.0 Å². The number of fused-ring (bicyclic) bond motifs is 1. The fourth-order valence-corrected chi connectivity index (χ4v) is 3.82. The van der Waals surface area contributed by atoms with Gasteiger partial charge in [0.15, 0.2) is 6.10 Å². The molecule has 28 heavy (non-hydrogen) atoms. The molecule has 1 atom stereocenters. The van der Waals surface area contributed by atoms with E-state index in [1.165, 1.54) is 4.70 Å². The van der Waals surface area contributed by atoms with Gasteiger partial charge in [-0.15, -0.1) is 21.5 Å². The number of carbonyl (C=O) groups excluding carboxylic acids is 1. The first-order valence-electron chi connectivity index (χ1n) is 9.12. The van der Waals surface area contributed by atoms with Crippen molar-refractivity contribution in [2.45, 2.75) is 32.3 Å². The molecule has 4 aromatic rings. The zero-order chi connectivity index (χ0) is 19.3. The van der Waals surface area contributed by atoms with Crippen molar-refractivity contribution in [2.75, 3.05) is 0 Å². The largest absolute Gasteiger partial charge is 0.453 e. The summed E-state index contributed by atoms with van der Waals surface area (Å²) >= 11 is 1.66. The first-order valence-corrected chi connectivity index (χ1v) is 9.93. The molecule has 0 unspecified atom stereocenters. The Hall–Kier alpha value is -3.06. The summed E-state index contributed by atoms with van der Waals surface area (Å²) in [6.07, 6.45) is 1.17. The molecule has 0 fully saturated rings. The van der Waals surface area contributed by atoms with Gasteiger partial charge in [-0.2, -0.15) is 0 Å². The number of nitrogens with zero attached hydrogens (tertiary/aromatic N) is 3. The van der Waals surface area contributed by atoms with Crippen molar-refractivity contribution in [3.05, 3.63) is 65.5 Å². The highest BCUT2D eigenvalue weighted by Crippen LogP contribution is 2.24. The molecular formula is C21H19N3O3S. The Morgan fingerprint density at radius 3 is 2.71 bits per heavy atom. The minimum atomic E-state index is -0.583. The molecule has 0 amide bonds. The molecule has 6 nitrogen and oxygen atoms in total. The quantitative estimate of drug-likeness (QED) is 0.412. The summed E-state index contributed by atoms with van der Waals surface area (Å²) in [5.74, 6) is 0.417. The number of hydrogen-bond donors (Lipinski definition) is 0. The average Bonchev–Trinajstić information content (AvgIpc) is 3.35. The third-order valence-electron chi connectivity index (χ3n) is 4.23. The minimum absolute atomic E-state index is 0.284. The van der Waals surface area contributed by atoms with E-state index < -0.39 is 6.10 Å². The Kier molecular flexibility index (Phi) is 5.43. The van der Waals surface area contributed by atoms with E-state index in [4.69, 9.17) is 9.15 Å². The van der Waals surface area contributed by atoms with Crippen molar-refractivity contribution < 1.29 is 13.9 Å².